The molecule has 224 valence electrons. The fourth-order valence-corrected chi connectivity index (χ4v) is 7.03. The molecule has 0 heterocycles. The lowest BCUT2D eigenvalue weighted by Crippen LogP contribution is -1.87. The third kappa shape index (κ3) is 5.34. The molecule has 0 heteroatoms. The van der Waals surface area contributed by atoms with Crippen molar-refractivity contribution in [2.24, 2.45) is 0 Å². The fourth-order valence-electron chi connectivity index (χ4n) is 7.03. The minimum Gasteiger partial charge on any atom is -0.0610 e. The summed E-state index contributed by atoms with van der Waals surface area (Å²) in [6, 6.07) is 71.3. The monoisotopic (exact) mass is 608 g/mol. The summed E-state index contributed by atoms with van der Waals surface area (Å²) < 4.78 is 0. The van der Waals surface area contributed by atoms with Crippen molar-refractivity contribution in [3.63, 3.8) is 0 Å². The molecule has 16 bridgehead atoms. The van der Waals surface area contributed by atoms with Crippen LogP contribution in [0.25, 0.3) is 89.0 Å². The summed E-state index contributed by atoms with van der Waals surface area (Å²) in [5, 5.41) is 0. The van der Waals surface area contributed by atoms with Crippen LogP contribution in [-0.4, -0.2) is 0 Å². The van der Waals surface area contributed by atoms with E-state index in [1.165, 1.54) is 89.0 Å². The molecule has 1 aliphatic carbocycles. The highest BCUT2D eigenvalue weighted by Crippen LogP contribution is 2.36. The molecule has 48 heavy (non-hydrogen) atoms. The van der Waals surface area contributed by atoms with Crippen molar-refractivity contribution < 1.29 is 0 Å². The summed E-state index contributed by atoms with van der Waals surface area (Å²) in [6.07, 6.45) is 0. The van der Waals surface area contributed by atoms with Gasteiger partial charge < -0.3 is 0 Å². The van der Waals surface area contributed by atoms with E-state index >= 15 is 0 Å². The average Bonchev–Trinajstić information content (AvgIpc) is 3.18. The van der Waals surface area contributed by atoms with Gasteiger partial charge in [0.15, 0.2) is 0 Å². The van der Waals surface area contributed by atoms with E-state index in [1.807, 2.05) is 0 Å². The second-order valence-electron chi connectivity index (χ2n) is 12.6. The first-order valence-electron chi connectivity index (χ1n) is 16.6. The SMILES string of the molecule is c1cc2cc(c1)-c1cccc(c1)-c1cccc(c1)-c1cccc(c1)-c1cccc(c1)-c1cccc(c1)-c1cccc(c1)-c1cccc-2c1. The zero-order chi connectivity index (χ0) is 31.9. The lowest BCUT2D eigenvalue weighted by Gasteiger charge is -2.12. The maximum atomic E-state index is 2.31. The molecule has 1 aliphatic rings. The highest BCUT2D eigenvalue weighted by Gasteiger charge is 2.10. The quantitative estimate of drug-likeness (QED) is 0.161. The zero-order valence-electron chi connectivity index (χ0n) is 26.5. The molecule has 8 aromatic rings. The Morgan fingerprint density at radius 2 is 0.208 bits per heavy atom. The van der Waals surface area contributed by atoms with Crippen molar-refractivity contribution in [1.29, 1.82) is 0 Å². The van der Waals surface area contributed by atoms with E-state index < -0.39 is 0 Å². The Bertz CT molecular complexity index is 1800. The summed E-state index contributed by atoms with van der Waals surface area (Å²) in [7, 11) is 0. The molecule has 0 nitrogen and oxygen atoms in total. The normalized spacial score (nSPS) is 11.3. The Balaban J connectivity index is 1.25. The van der Waals surface area contributed by atoms with E-state index in [0.717, 1.165) is 0 Å². The molecule has 0 atom stereocenters. The molecule has 8 aromatic carbocycles. The Hall–Kier alpha value is -6.24. The molecular formula is C48H32. The lowest BCUT2D eigenvalue weighted by molar-refractivity contribution is 1.54. The standard InChI is InChI=1S/C48H32/c1-9-33-25-34(10-1)36-12-3-14-38(27-36)40-16-5-18-42(29-40)44-20-7-22-46(31-44)48-24-8-23-47(32-48)45-21-6-19-43(30-45)41-17-4-15-39(28-41)37-13-2-11-35(33)26-37/h1-32H. The number of hydrogen-bond acceptors (Lipinski definition) is 0. The Morgan fingerprint density at radius 1 is 0.125 bits per heavy atom. The van der Waals surface area contributed by atoms with E-state index in [1.54, 1.807) is 0 Å². The predicted octanol–water partition coefficient (Wildman–Crippen LogP) is 13.3. The van der Waals surface area contributed by atoms with Crippen LogP contribution in [0, 0.1) is 0 Å². The Labute approximate surface area is 282 Å². The summed E-state index contributed by atoms with van der Waals surface area (Å²) in [4.78, 5) is 0. The highest BCUT2D eigenvalue weighted by molar-refractivity contribution is 5.84. The van der Waals surface area contributed by atoms with Gasteiger partial charge in [-0.1, -0.05) is 146 Å². The molecule has 0 unspecified atom stereocenters. The van der Waals surface area contributed by atoms with E-state index in [0.29, 0.717) is 0 Å². The minimum absolute atomic E-state index is 1.21. The van der Waals surface area contributed by atoms with Gasteiger partial charge in [0.2, 0.25) is 0 Å². The molecule has 9 rings (SSSR count). The van der Waals surface area contributed by atoms with Crippen molar-refractivity contribution in [3.8, 4) is 89.0 Å². The smallest absolute Gasteiger partial charge is 0.0178 e. The van der Waals surface area contributed by atoms with E-state index in [9.17, 15) is 0 Å². The molecular weight excluding hydrogens is 577 g/mol. The molecule has 0 N–H and O–H groups in total. The lowest BCUT2D eigenvalue weighted by atomic mass is 9.92. The van der Waals surface area contributed by atoms with Gasteiger partial charge in [-0.3, -0.25) is 0 Å². The van der Waals surface area contributed by atoms with E-state index in [-0.39, 0.29) is 0 Å². The van der Waals surface area contributed by atoms with Crippen LogP contribution in [0.2, 0.25) is 0 Å². The third-order valence-electron chi connectivity index (χ3n) is 9.57. The number of benzene rings is 8. The third-order valence-corrected chi connectivity index (χ3v) is 9.57. The zero-order valence-corrected chi connectivity index (χ0v) is 26.5. The van der Waals surface area contributed by atoms with Gasteiger partial charge in [0, 0.05) is 0 Å². The first-order valence-corrected chi connectivity index (χ1v) is 16.6. The second kappa shape index (κ2) is 11.8. The van der Waals surface area contributed by atoms with Crippen molar-refractivity contribution in [3.05, 3.63) is 194 Å². The summed E-state index contributed by atoms with van der Waals surface area (Å²) in [5.74, 6) is 0. The molecule has 0 aromatic heterocycles. The van der Waals surface area contributed by atoms with Crippen molar-refractivity contribution >= 4 is 0 Å². The first-order chi connectivity index (χ1) is 23.7. The van der Waals surface area contributed by atoms with Crippen LogP contribution in [0.4, 0.5) is 0 Å². The van der Waals surface area contributed by atoms with Crippen LogP contribution >= 0.6 is 0 Å². The molecule has 0 fully saturated rings. The summed E-state index contributed by atoms with van der Waals surface area (Å²) in [5.41, 5.74) is 19.4. The van der Waals surface area contributed by atoms with Crippen LogP contribution in [0.3, 0.4) is 0 Å². The number of rotatable bonds is 0. The van der Waals surface area contributed by atoms with Crippen LogP contribution in [0.15, 0.2) is 194 Å². The topological polar surface area (TPSA) is 0 Å². The first kappa shape index (κ1) is 28.0. The summed E-state index contributed by atoms with van der Waals surface area (Å²) >= 11 is 0. The highest BCUT2D eigenvalue weighted by atomic mass is 14.1. The van der Waals surface area contributed by atoms with E-state index in [4.69, 9.17) is 0 Å². The van der Waals surface area contributed by atoms with Crippen molar-refractivity contribution in [2.75, 3.05) is 0 Å². The molecule has 0 amide bonds. The molecule has 0 saturated carbocycles. The van der Waals surface area contributed by atoms with Crippen LogP contribution < -0.4 is 0 Å². The fraction of sp³-hybridized carbons (Fsp3) is 0. The van der Waals surface area contributed by atoms with Gasteiger partial charge in [-0.05, 0) is 138 Å². The number of hydrogen-bond donors (Lipinski definition) is 0. The molecule has 0 spiro atoms. The van der Waals surface area contributed by atoms with Crippen molar-refractivity contribution in [1.82, 2.24) is 0 Å². The van der Waals surface area contributed by atoms with Gasteiger partial charge in [0.25, 0.3) is 0 Å². The van der Waals surface area contributed by atoms with Gasteiger partial charge in [-0.2, -0.15) is 0 Å². The minimum atomic E-state index is 1.21. The summed E-state index contributed by atoms with van der Waals surface area (Å²) in [6.45, 7) is 0. The van der Waals surface area contributed by atoms with Gasteiger partial charge in [0.1, 0.15) is 0 Å². The van der Waals surface area contributed by atoms with Gasteiger partial charge in [-0.25, -0.2) is 0 Å². The van der Waals surface area contributed by atoms with Gasteiger partial charge >= 0.3 is 0 Å². The second-order valence-corrected chi connectivity index (χ2v) is 12.6. The van der Waals surface area contributed by atoms with Gasteiger partial charge in [0.05, 0.1) is 0 Å². The Kier molecular flexibility index (Phi) is 6.91. The van der Waals surface area contributed by atoms with Crippen molar-refractivity contribution in [2.45, 2.75) is 0 Å². The maximum absolute atomic E-state index is 2.31. The largest absolute Gasteiger partial charge is 0.0610 e. The number of fused-ring (bicyclic) bond motifs is 24. The molecule has 0 radical (unpaired) electrons. The average molecular weight is 609 g/mol. The predicted molar refractivity (Wildman–Crippen MR) is 203 cm³/mol. The molecule has 0 aliphatic heterocycles. The van der Waals surface area contributed by atoms with Crippen LogP contribution in [0.1, 0.15) is 0 Å². The van der Waals surface area contributed by atoms with Gasteiger partial charge in [-0.15, -0.1) is 0 Å². The Morgan fingerprint density at radius 3 is 0.292 bits per heavy atom. The molecule has 0 saturated heterocycles. The van der Waals surface area contributed by atoms with E-state index in [2.05, 4.69) is 194 Å². The van der Waals surface area contributed by atoms with Crippen LogP contribution in [-0.2, 0) is 0 Å². The maximum Gasteiger partial charge on any atom is -0.0178 e. The van der Waals surface area contributed by atoms with Crippen LogP contribution in [0.5, 0.6) is 0 Å².